The predicted molar refractivity (Wildman–Crippen MR) is 83.2 cm³/mol. The standard InChI is InChI=1S/C17H18O3S/c1-3-16(17(18)14-9-5-4-6-10-14)21(19,20)15-11-7-8-13(2)12-15/h4-12,16H,3H2,1-2H3. The lowest BCUT2D eigenvalue weighted by molar-refractivity contribution is 0.0985. The third kappa shape index (κ3) is 3.22. The maximum absolute atomic E-state index is 12.7. The second kappa shape index (κ2) is 6.22. The van der Waals surface area contributed by atoms with Crippen LogP contribution in [-0.4, -0.2) is 19.5 Å². The largest absolute Gasteiger partial charge is 0.293 e. The Bertz CT molecular complexity index is 734. The van der Waals surface area contributed by atoms with Crippen LogP contribution in [0.15, 0.2) is 59.5 Å². The van der Waals surface area contributed by atoms with Crippen molar-refractivity contribution in [1.29, 1.82) is 0 Å². The van der Waals surface area contributed by atoms with Gasteiger partial charge in [-0.15, -0.1) is 0 Å². The average molecular weight is 302 g/mol. The van der Waals surface area contributed by atoms with Crippen LogP contribution in [0.2, 0.25) is 0 Å². The van der Waals surface area contributed by atoms with Crippen molar-refractivity contribution >= 4 is 15.6 Å². The summed E-state index contributed by atoms with van der Waals surface area (Å²) < 4.78 is 25.4. The Hall–Kier alpha value is -1.94. The minimum absolute atomic E-state index is 0.207. The number of carbonyl (C=O) groups excluding carboxylic acids is 1. The molecule has 0 aromatic heterocycles. The molecule has 4 heteroatoms. The van der Waals surface area contributed by atoms with Gasteiger partial charge in [0.15, 0.2) is 15.6 Å². The summed E-state index contributed by atoms with van der Waals surface area (Å²) in [5.41, 5.74) is 1.29. The highest BCUT2D eigenvalue weighted by Gasteiger charge is 2.32. The summed E-state index contributed by atoms with van der Waals surface area (Å²) in [4.78, 5) is 12.7. The molecule has 0 aliphatic rings. The maximum atomic E-state index is 12.7. The molecule has 0 heterocycles. The molecule has 1 unspecified atom stereocenters. The maximum Gasteiger partial charge on any atom is 0.188 e. The highest BCUT2D eigenvalue weighted by molar-refractivity contribution is 7.92. The van der Waals surface area contributed by atoms with Crippen LogP contribution in [0.4, 0.5) is 0 Å². The van der Waals surface area contributed by atoms with Crippen LogP contribution < -0.4 is 0 Å². The Morgan fingerprint density at radius 2 is 1.71 bits per heavy atom. The van der Waals surface area contributed by atoms with E-state index in [0.717, 1.165) is 5.56 Å². The van der Waals surface area contributed by atoms with Crippen molar-refractivity contribution in [2.24, 2.45) is 0 Å². The molecule has 2 rings (SSSR count). The summed E-state index contributed by atoms with van der Waals surface area (Å²) in [5.74, 6) is -0.348. The van der Waals surface area contributed by atoms with Crippen LogP contribution in [0.25, 0.3) is 0 Å². The molecule has 0 aliphatic heterocycles. The molecule has 0 saturated carbocycles. The molecule has 1 atom stereocenters. The number of sulfone groups is 1. The lowest BCUT2D eigenvalue weighted by Gasteiger charge is -2.15. The number of hydrogen-bond acceptors (Lipinski definition) is 3. The van der Waals surface area contributed by atoms with E-state index in [4.69, 9.17) is 0 Å². The van der Waals surface area contributed by atoms with E-state index in [0.29, 0.717) is 5.56 Å². The van der Waals surface area contributed by atoms with Crippen LogP contribution in [0.5, 0.6) is 0 Å². The first-order valence-corrected chi connectivity index (χ1v) is 8.41. The van der Waals surface area contributed by atoms with E-state index >= 15 is 0 Å². The Balaban J connectivity index is 2.43. The van der Waals surface area contributed by atoms with Crippen molar-refractivity contribution in [3.05, 3.63) is 65.7 Å². The van der Waals surface area contributed by atoms with E-state index in [2.05, 4.69) is 0 Å². The summed E-state index contributed by atoms with van der Waals surface area (Å²) >= 11 is 0. The second-order valence-corrected chi connectivity index (χ2v) is 7.12. The first kappa shape index (κ1) is 15.4. The molecule has 0 radical (unpaired) electrons. The second-order valence-electron chi connectivity index (χ2n) is 4.99. The number of rotatable bonds is 5. The smallest absolute Gasteiger partial charge is 0.188 e. The van der Waals surface area contributed by atoms with Gasteiger partial charge in [0.1, 0.15) is 5.25 Å². The van der Waals surface area contributed by atoms with E-state index < -0.39 is 15.1 Å². The Morgan fingerprint density at radius 3 is 2.29 bits per heavy atom. The number of hydrogen-bond donors (Lipinski definition) is 0. The molecule has 21 heavy (non-hydrogen) atoms. The molecule has 0 amide bonds. The first-order valence-electron chi connectivity index (χ1n) is 6.86. The molecule has 2 aromatic carbocycles. The van der Waals surface area contributed by atoms with Gasteiger partial charge in [0.05, 0.1) is 4.90 Å². The fourth-order valence-corrected chi connectivity index (χ4v) is 4.09. The average Bonchev–Trinajstić information content (AvgIpc) is 2.48. The summed E-state index contributed by atoms with van der Waals surface area (Å²) in [5, 5.41) is -1.04. The van der Waals surface area contributed by atoms with Gasteiger partial charge in [-0.2, -0.15) is 0 Å². The van der Waals surface area contributed by atoms with Crippen LogP contribution in [0.3, 0.4) is 0 Å². The molecule has 110 valence electrons. The van der Waals surface area contributed by atoms with Crippen molar-refractivity contribution in [2.45, 2.75) is 30.4 Å². The van der Waals surface area contributed by atoms with Gasteiger partial charge in [-0.05, 0) is 31.0 Å². The predicted octanol–water partition coefficient (Wildman–Crippen LogP) is 3.43. The molecule has 0 N–H and O–H groups in total. The zero-order valence-corrected chi connectivity index (χ0v) is 12.9. The van der Waals surface area contributed by atoms with Gasteiger partial charge in [-0.25, -0.2) is 8.42 Å². The fourth-order valence-electron chi connectivity index (χ4n) is 2.29. The van der Waals surface area contributed by atoms with E-state index in [1.165, 1.54) is 0 Å². The number of Topliss-reactive ketones (excluding diaryl/α,β-unsaturated/α-hetero) is 1. The molecular weight excluding hydrogens is 284 g/mol. The van der Waals surface area contributed by atoms with Gasteiger partial charge in [0, 0.05) is 5.56 Å². The van der Waals surface area contributed by atoms with Gasteiger partial charge < -0.3 is 0 Å². The first-order chi connectivity index (χ1) is 9.96. The lowest BCUT2D eigenvalue weighted by atomic mass is 10.1. The zero-order chi connectivity index (χ0) is 15.5. The van der Waals surface area contributed by atoms with Crippen molar-refractivity contribution in [3.63, 3.8) is 0 Å². The minimum atomic E-state index is -3.67. The minimum Gasteiger partial charge on any atom is -0.293 e. The molecular formula is C17H18O3S. The Morgan fingerprint density at radius 1 is 1.05 bits per heavy atom. The number of benzene rings is 2. The van der Waals surface area contributed by atoms with E-state index in [1.54, 1.807) is 55.5 Å². The molecule has 0 bridgehead atoms. The molecule has 3 nitrogen and oxygen atoms in total. The summed E-state index contributed by atoms with van der Waals surface area (Å²) in [6.07, 6.45) is 0.254. The number of ketones is 1. The number of aryl methyl sites for hydroxylation is 1. The molecule has 0 spiro atoms. The van der Waals surface area contributed by atoms with Crippen molar-refractivity contribution in [2.75, 3.05) is 0 Å². The fraction of sp³-hybridized carbons (Fsp3) is 0.235. The summed E-state index contributed by atoms with van der Waals surface area (Å²) in [7, 11) is -3.67. The van der Waals surface area contributed by atoms with Gasteiger partial charge in [0.2, 0.25) is 0 Å². The monoisotopic (exact) mass is 302 g/mol. The van der Waals surface area contributed by atoms with Crippen molar-refractivity contribution in [3.8, 4) is 0 Å². The van der Waals surface area contributed by atoms with E-state index in [1.807, 2.05) is 13.0 Å². The SMILES string of the molecule is CCC(C(=O)c1ccccc1)S(=O)(=O)c1cccc(C)c1. The Kier molecular flexibility index (Phi) is 4.58. The molecule has 0 fully saturated rings. The van der Waals surface area contributed by atoms with Crippen molar-refractivity contribution < 1.29 is 13.2 Å². The van der Waals surface area contributed by atoms with Gasteiger partial charge in [0.25, 0.3) is 0 Å². The highest BCUT2D eigenvalue weighted by Crippen LogP contribution is 2.22. The summed E-state index contributed by atoms with van der Waals surface area (Å²) in [6.45, 7) is 3.55. The van der Waals surface area contributed by atoms with Gasteiger partial charge >= 0.3 is 0 Å². The van der Waals surface area contributed by atoms with Gasteiger partial charge in [-0.1, -0.05) is 49.4 Å². The topological polar surface area (TPSA) is 51.2 Å². The number of carbonyl (C=O) groups is 1. The lowest BCUT2D eigenvalue weighted by Crippen LogP contribution is -2.30. The third-order valence-corrected chi connectivity index (χ3v) is 5.62. The Labute approximate surface area is 125 Å². The zero-order valence-electron chi connectivity index (χ0n) is 12.1. The van der Waals surface area contributed by atoms with Gasteiger partial charge in [-0.3, -0.25) is 4.79 Å². The van der Waals surface area contributed by atoms with E-state index in [-0.39, 0.29) is 17.1 Å². The van der Waals surface area contributed by atoms with Crippen LogP contribution in [-0.2, 0) is 9.84 Å². The normalized spacial score (nSPS) is 12.9. The highest BCUT2D eigenvalue weighted by atomic mass is 32.2. The molecule has 2 aromatic rings. The van der Waals surface area contributed by atoms with Crippen LogP contribution in [0.1, 0.15) is 29.3 Å². The molecule has 0 saturated heterocycles. The van der Waals surface area contributed by atoms with E-state index in [9.17, 15) is 13.2 Å². The van der Waals surface area contributed by atoms with Crippen LogP contribution >= 0.6 is 0 Å². The summed E-state index contributed by atoms with van der Waals surface area (Å²) in [6, 6.07) is 15.2. The van der Waals surface area contributed by atoms with Crippen molar-refractivity contribution in [1.82, 2.24) is 0 Å². The van der Waals surface area contributed by atoms with Crippen LogP contribution in [0, 0.1) is 6.92 Å². The molecule has 0 aliphatic carbocycles. The quantitative estimate of drug-likeness (QED) is 0.795. The third-order valence-electron chi connectivity index (χ3n) is 3.41.